The molecule has 0 aliphatic carbocycles. The lowest BCUT2D eigenvalue weighted by Crippen LogP contribution is -2.41. The summed E-state index contributed by atoms with van der Waals surface area (Å²) in [6, 6.07) is 6.32. The van der Waals surface area contributed by atoms with Crippen LogP contribution in [0.3, 0.4) is 0 Å². The zero-order chi connectivity index (χ0) is 18.9. The second-order valence-corrected chi connectivity index (χ2v) is 8.99. The molecule has 0 radical (unpaired) electrons. The quantitative estimate of drug-likeness (QED) is 0.545. The third kappa shape index (κ3) is 8.34. The zero-order valence-electron chi connectivity index (χ0n) is 15.8. The van der Waals surface area contributed by atoms with Crippen molar-refractivity contribution in [1.82, 2.24) is 10.6 Å². The fraction of sp³-hybridized carbons (Fsp3) is 0.611. The van der Waals surface area contributed by atoms with Gasteiger partial charge in [-0.05, 0) is 46.8 Å². The number of nitrogens with one attached hydrogen (secondary N) is 2. The van der Waals surface area contributed by atoms with Crippen molar-refractivity contribution in [3.05, 3.63) is 30.1 Å². The van der Waals surface area contributed by atoms with Crippen molar-refractivity contribution in [3.63, 3.8) is 0 Å². The lowest BCUT2D eigenvalue weighted by Gasteiger charge is -2.19. The van der Waals surface area contributed by atoms with Gasteiger partial charge in [0.25, 0.3) is 0 Å². The van der Waals surface area contributed by atoms with E-state index in [9.17, 15) is 8.60 Å². The van der Waals surface area contributed by atoms with Crippen LogP contribution in [-0.2, 0) is 10.8 Å². The highest BCUT2D eigenvalue weighted by Crippen LogP contribution is 2.17. The number of aliphatic imine (C=N–C) groups is 1. The molecule has 0 aliphatic rings. The Morgan fingerprint density at radius 3 is 2.60 bits per heavy atom. The van der Waals surface area contributed by atoms with Crippen LogP contribution in [-0.4, -0.2) is 46.4 Å². The molecule has 0 bridgehead atoms. The van der Waals surface area contributed by atoms with Gasteiger partial charge in [0.05, 0.1) is 6.54 Å². The molecule has 0 spiro atoms. The maximum atomic E-state index is 13.6. The molecule has 142 valence electrons. The van der Waals surface area contributed by atoms with Gasteiger partial charge in [0, 0.05) is 34.4 Å². The van der Waals surface area contributed by atoms with Crippen LogP contribution in [0.1, 0.15) is 34.6 Å². The maximum absolute atomic E-state index is 13.6. The van der Waals surface area contributed by atoms with Crippen molar-refractivity contribution in [2.45, 2.75) is 45.5 Å². The predicted octanol–water partition coefficient (Wildman–Crippen LogP) is 2.70. The molecule has 2 atom stereocenters. The largest absolute Gasteiger partial charge is 0.486 e. The molecule has 0 saturated carbocycles. The number of halogens is 1. The number of guanidine groups is 1. The van der Waals surface area contributed by atoms with Crippen molar-refractivity contribution in [2.75, 3.05) is 25.4 Å². The molecule has 0 aromatic heterocycles. The molecule has 1 aromatic carbocycles. The summed E-state index contributed by atoms with van der Waals surface area (Å²) in [7, 11) is -0.911. The number of rotatable bonds is 8. The minimum absolute atomic E-state index is 0.223. The van der Waals surface area contributed by atoms with Gasteiger partial charge in [0.15, 0.2) is 17.5 Å². The Morgan fingerprint density at radius 2 is 2.00 bits per heavy atom. The van der Waals surface area contributed by atoms with Crippen LogP contribution in [0.5, 0.6) is 5.75 Å². The number of para-hydroxylation sites is 1. The highest BCUT2D eigenvalue weighted by molar-refractivity contribution is 7.86. The van der Waals surface area contributed by atoms with Gasteiger partial charge in [0.2, 0.25) is 0 Å². The van der Waals surface area contributed by atoms with Gasteiger partial charge in [-0.25, -0.2) is 9.38 Å². The van der Waals surface area contributed by atoms with Gasteiger partial charge in [-0.1, -0.05) is 12.1 Å². The summed E-state index contributed by atoms with van der Waals surface area (Å²) in [5, 5.41) is 6.31. The first-order chi connectivity index (χ1) is 11.7. The zero-order valence-corrected chi connectivity index (χ0v) is 16.6. The van der Waals surface area contributed by atoms with E-state index in [4.69, 9.17) is 4.74 Å². The number of ether oxygens (including phenoxy) is 1. The topological polar surface area (TPSA) is 62.7 Å². The number of hydrogen-bond acceptors (Lipinski definition) is 3. The summed E-state index contributed by atoms with van der Waals surface area (Å²) in [4.78, 5) is 4.45. The van der Waals surface area contributed by atoms with E-state index in [-0.39, 0.29) is 22.4 Å². The fourth-order valence-corrected chi connectivity index (χ4v) is 2.82. The molecule has 5 nitrogen and oxygen atoms in total. The van der Waals surface area contributed by atoms with E-state index in [0.29, 0.717) is 24.8 Å². The Bertz CT molecular complexity index is 588. The Kier molecular flexibility index (Phi) is 8.89. The van der Waals surface area contributed by atoms with Crippen LogP contribution in [0, 0.1) is 5.82 Å². The average molecular weight is 372 g/mol. The van der Waals surface area contributed by atoms with E-state index in [0.717, 1.165) is 6.54 Å². The summed E-state index contributed by atoms with van der Waals surface area (Å²) in [5.74, 6) is 1.03. The van der Waals surface area contributed by atoms with Crippen LogP contribution in [0.2, 0.25) is 0 Å². The molecule has 1 aromatic rings. The van der Waals surface area contributed by atoms with Gasteiger partial charge >= 0.3 is 0 Å². The summed E-state index contributed by atoms with van der Waals surface area (Å²) in [6.45, 7) is 11.4. The Balaban J connectivity index is 2.51. The van der Waals surface area contributed by atoms with E-state index < -0.39 is 10.8 Å². The Morgan fingerprint density at radius 1 is 1.32 bits per heavy atom. The SMILES string of the molecule is CCNC(=NCC(C)Oc1ccccc1F)NCCS(=O)C(C)(C)C. The Labute approximate surface area is 152 Å². The van der Waals surface area contributed by atoms with Crippen LogP contribution in [0.25, 0.3) is 0 Å². The van der Waals surface area contributed by atoms with Crippen molar-refractivity contribution in [1.29, 1.82) is 0 Å². The fourth-order valence-electron chi connectivity index (χ4n) is 1.92. The van der Waals surface area contributed by atoms with Crippen molar-refractivity contribution < 1.29 is 13.3 Å². The van der Waals surface area contributed by atoms with Crippen LogP contribution >= 0.6 is 0 Å². The molecule has 0 aliphatic heterocycles. The summed E-state index contributed by atoms with van der Waals surface area (Å²) >= 11 is 0. The molecular weight excluding hydrogens is 341 g/mol. The molecule has 1 rings (SSSR count). The molecule has 7 heteroatoms. The summed E-state index contributed by atoms with van der Waals surface area (Å²) in [5.41, 5.74) is 0. The molecule has 2 N–H and O–H groups in total. The van der Waals surface area contributed by atoms with Gasteiger partial charge in [-0.2, -0.15) is 0 Å². The van der Waals surface area contributed by atoms with Crippen LogP contribution < -0.4 is 15.4 Å². The highest BCUT2D eigenvalue weighted by atomic mass is 32.2. The first-order valence-electron chi connectivity index (χ1n) is 8.56. The molecule has 2 unspecified atom stereocenters. The normalized spacial score (nSPS) is 14.7. The lowest BCUT2D eigenvalue weighted by atomic mass is 10.3. The lowest BCUT2D eigenvalue weighted by molar-refractivity contribution is 0.220. The minimum atomic E-state index is -0.911. The number of hydrogen-bond donors (Lipinski definition) is 2. The predicted molar refractivity (Wildman–Crippen MR) is 103 cm³/mol. The summed E-state index contributed by atoms with van der Waals surface area (Å²) < 4.78 is 31.0. The van der Waals surface area contributed by atoms with Crippen molar-refractivity contribution in [3.8, 4) is 5.75 Å². The first-order valence-corrected chi connectivity index (χ1v) is 9.87. The maximum Gasteiger partial charge on any atom is 0.191 e. The van der Waals surface area contributed by atoms with E-state index in [1.165, 1.54) is 6.07 Å². The van der Waals surface area contributed by atoms with E-state index in [2.05, 4.69) is 15.6 Å². The van der Waals surface area contributed by atoms with Gasteiger partial charge in [-0.3, -0.25) is 4.21 Å². The smallest absolute Gasteiger partial charge is 0.191 e. The molecule has 0 saturated heterocycles. The highest BCUT2D eigenvalue weighted by Gasteiger charge is 2.18. The second-order valence-electron chi connectivity index (χ2n) is 6.67. The average Bonchev–Trinajstić information content (AvgIpc) is 2.53. The van der Waals surface area contributed by atoms with Gasteiger partial charge in [-0.15, -0.1) is 0 Å². The van der Waals surface area contributed by atoms with E-state index in [1.807, 2.05) is 34.6 Å². The molecular formula is C18H30FN3O2S. The van der Waals surface area contributed by atoms with Crippen molar-refractivity contribution >= 4 is 16.8 Å². The first kappa shape index (κ1) is 21.4. The van der Waals surface area contributed by atoms with Gasteiger partial charge < -0.3 is 15.4 Å². The van der Waals surface area contributed by atoms with Crippen LogP contribution in [0.4, 0.5) is 4.39 Å². The van der Waals surface area contributed by atoms with Crippen molar-refractivity contribution in [2.24, 2.45) is 4.99 Å². The van der Waals surface area contributed by atoms with E-state index in [1.54, 1.807) is 18.2 Å². The standard InChI is InChI=1S/C18H30FN3O2S/c1-6-20-17(21-11-12-25(23)18(3,4)5)22-13-14(2)24-16-10-8-7-9-15(16)19/h7-10,14H,6,11-13H2,1-5H3,(H2,20,21,22). The number of nitrogens with zero attached hydrogens (tertiary/aromatic N) is 1. The second kappa shape index (κ2) is 10.4. The molecule has 0 amide bonds. The Hall–Kier alpha value is -1.63. The third-order valence-corrected chi connectivity index (χ3v) is 5.22. The monoisotopic (exact) mass is 371 g/mol. The minimum Gasteiger partial charge on any atom is -0.486 e. The number of benzene rings is 1. The summed E-state index contributed by atoms with van der Waals surface area (Å²) in [6.07, 6.45) is -0.268. The molecule has 0 fully saturated rings. The molecule has 25 heavy (non-hydrogen) atoms. The van der Waals surface area contributed by atoms with E-state index >= 15 is 0 Å². The molecule has 0 heterocycles. The van der Waals surface area contributed by atoms with Gasteiger partial charge in [0.1, 0.15) is 6.10 Å². The third-order valence-electron chi connectivity index (χ3n) is 3.28. The van der Waals surface area contributed by atoms with Crippen LogP contribution in [0.15, 0.2) is 29.3 Å².